The first kappa shape index (κ1) is 19.5. The summed E-state index contributed by atoms with van der Waals surface area (Å²) in [5, 5.41) is 6.61. The predicted octanol–water partition coefficient (Wildman–Crippen LogP) is 2.74. The Morgan fingerprint density at radius 3 is 2.80 bits per heavy atom. The molecule has 6 nitrogen and oxygen atoms in total. The number of aromatic nitrogens is 1. The van der Waals surface area contributed by atoms with Gasteiger partial charge in [0.2, 0.25) is 5.88 Å². The van der Waals surface area contributed by atoms with Gasteiger partial charge in [-0.3, -0.25) is 0 Å². The maximum atomic E-state index is 5.65. The lowest BCUT2D eigenvalue weighted by Gasteiger charge is -2.11. The highest BCUT2D eigenvalue weighted by molar-refractivity contribution is 5.79. The predicted molar refractivity (Wildman–Crippen MR) is 101 cm³/mol. The average molecular weight is 348 g/mol. The summed E-state index contributed by atoms with van der Waals surface area (Å²) in [5.41, 5.74) is 1.06. The second-order valence-corrected chi connectivity index (χ2v) is 6.35. The molecule has 1 aromatic heterocycles. The fourth-order valence-electron chi connectivity index (χ4n) is 2.22. The number of guanidine groups is 1. The summed E-state index contributed by atoms with van der Waals surface area (Å²) in [6.07, 6.45) is 6.48. The van der Waals surface area contributed by atoms with E-state index >= 15 is 0 Å². The summed E-state index contributed by atoms with van der Waals surface area (Å²) < 4.78 is 11.1. The molecule has 6 heteroatoms. The van der Waals surface area contributed by atoms with Crippen LogP contribution in [0, 0.1) is 5.92 Å². The summed E-state index contributed by atoms with van der Waals surface area (Å²) in [6, 6.07) is 3.91. The van der Waals surface area contributed by atoms with E-state index in [1.54, 1.807) is 0 Å². The normalized spacial score (nSPS) is 14.4. The molecule has 0 amide bonds. The fraction of sp³-hybridized carbons (Fsp3) is 0.684. The first-order valence-electron chi connectivity index (χ1n) is 9.49. The molecule has 0 aromatic carbocycles. The summed E-state index contributed by atoms with van der Waals surface area (Å²) in [4.78, 5) is 8.91. The number of hydrogen-bond donors (Lipinski definition) is 2. The molecule has 0 unspecified atom stereocenters. The minimum atomic E-state index is 0.592. The molecule has 0 atom stereocenters. The second-order valence-electron chi connectivity index (χ2n) is 6.35. The minimum Gasteiger partial charge on any atom is -0.478 e. The van der Waals surface area contributed by atoms with Gasteiger partial charge in [-0.1, -0.05) is 13.0 Å². The molecule has 1 aromatic rings. The topological polar surface area (TPSA) is 67.8 Å². The van der Waals surface area contributed by atoms with Crippen molar-refractivity contribution in [2.75, 3.05) is 32.9 Å². The van der Waals surface area contributed by atoms with Crippen molar-refractivity contribution in [2.24, 2.45) is 10.9 Å². The largest absolute Gasteiger partial charge is 0.478 e. The number of rotatable bonds is 12. The van der Waals surface area contributed by atoms with Crippen molar-refractivity contribution in [3.63, 3.8) is 0 Å². The lowest BCUT2D eigenvalue weighted by atomic mass is 10.3. The standard InChI is InChI=1S/C19H32N4O2/c1-3-11-25-18-9-8-17(13-22-18)14-23-19(20-4-2)21-10-5-12-24-15-16-6-7-16/h8-9,13,16H,3-7,10-12,14-15H2,1-2H3,(H2,20,21,23). The summed E-state index contributed by atoms with van der Waals surface area (Å²) in [6.45, 7) is 8.88. The minimum absolute atomic E-state index is 0.592. The van der Waals surface area contributed by atoms with E-state index in [1.165, 1.54) is 12.8 Å². The second kappa shape index (κ2) is 11.7. The van der Waals surface area contributed by atoms with Crippen molar-refractivity contribution < 1.29 is 9.47 Å². The SMILES string of the molecule is CCCOc1ccc(CN=C(NCC)NCCCOCC2CC2)cn1. The third-order valence-corrected chi connectivity index (χ3v) is 3.82. The Kier molecular flexibility index (Phi) is 9.12. The Hall–Kier alpha value is -1.82. The van der Waals surface area contributed by atoms with Crippen LogP contribution in [0.25, 0.3) is 0 Å². The number of aliphatic imine (C=N–C) groups is 1. The quantitative estimate of drug-likeness (QED) is 0.345. The zero-order chi connectivity index (χ0) is 17.7. The van der Waals surface area contributed by atoms with Crippen LogP contribution >= 0.6 is 0 Å². The van der Waals surface area contributed by atoms with Crippen LogP contribution in [0.4, 0.5) is 0 Å². The van der Waals surface area contributed by atoms with Crippen LogP contribution in [0.5, 0.6) is 5.88 Å². The highest BCUT2D eigenvalue weighted by atomic mass is 16.5. The molecule has 0 saturated heterocycles. The van der Waals surface area contributed by atoms with Gasteiger partial charge >= 0.3 is 0 Å². The third-order valence-electron chi connectivity index (χ3n) is 3.82. The van der Waals surface area contributed by atoms with Gasteiger partial charge < -0.3 is 20.1 Å². The number of nitrogens with one attached hydrogen (secondary N) is 2. The molecule has 0 radical (unpaired) electrons. The zero-order valence-electron chi connectivity index (χ0n) is 15.6. The van der Waals surface area contributed by atoms with E-state index in [9.17, 15) is 0 Å². The van der Waals surface area contributed by atoms with Crippen LogP contribution in [0.15, 0.2) is 23.3 Å². The number of hydrogen-bond acceptors (Lipinski definition) is 4. The molecule has 0 bridgehead atoms. The van der Waals surface area contributed by atoms with Crippen molar-refractivity contribution in [1.29, 1.82) is 0 Å². The number of pyridine rings is 1. The van der Waals surface area contributed by atoms with Crippen LogP contribution in [0.1, 0.15) is 45.1 Å². The van der Waals surface area contributed by atoms with Crippen molar-refractivity contribution in [3.05, 3.63) is 23.9 Å². The molecule has 1 saturated carbocycles. The highest BCUT2D eigenvalue weighted by Crippen LogP contribution is 2.28. The van der Waals surface area contributed by atoms with Crippen LogP contribution in [0.3, 0.4) is 0 Å². The fourth-order valence-corrected chi connectivity index (χ4v) is 2.22. The molecule has 1 heterocycles. The molecule has 140 valence electrons. The Morgan fingerprint density at radius 1 is 1.24 bits per heavy atom. The van der Waals surface area contributed by atoms with Gasteiger partial charge in [-0.25, -0.2) is 9.98 Å². The summed E-state index contributed by atoms with van der Waals surface area (Å²) >= 11 is 0. The maximum Gasteiger partial charge on any atom is 0.213 e. The number of nitrogens with zero attached hydrogens (tertiary/aromatic N) is 2. The first-order valence-corrected chi connectivity index (χ1v) is 9.49. The molecule has 2 N–H and O–H groups in total. The molecule has 1 fully saturated rings. The van der Waals surface area contributed by atoms with Gasteiger partial charge in [0.05, 0.1) is 13.2 Å². The van der Waals surface area contributed by atoms with E-state index in [2.05, 4.69) is 34.5 Å². The van der Waals surface area contributed by atoms with Gasteiger partial charge in [0, 0.05) is 38.6 Å². The van der Waals surface area contributed by atoms with Crippen LogP contribution in [-0.2, 0) is 11.3 Å². The number of ether oxygens (including phenoxy) is 2. The van der Waals surface area contributed by atoms with Crippen molar-refractivity contribution in [1.82, 2.24) is 15.6 Å². The lowest BCUT2D eigenvalue weighted by Crippen LogP contribution is -2.38. The van der Waals surface area contributed by atoms with Gasteiger partial charge in [0.1, 0.15) is 0 Å². The van der Waals surface area contributed by atoms with E-state index in [1.807, 2.05) is 18.3 Å². The lowest BCUT2D eigenvalue weighted by molar-refractivity contribution is 0.123. The molecule has 0 spiro atoms. The molecule has 1 aliphatic carbocycles. The van der Waals surface area contributed by atoms with Crippen molar-refractivity contribution in [2.45, 2.75) is 46.1 Å². The Labute approximate surface area is 151 Å². The van der Waals surface area contributed by atoms with Gasteiger partial charge in [-0.15, -0.1) is 0 Å². The van der Waals surface area contributed by atoms with E-state index in [-0.39, 0.29) is 0 Å². The van der Waals surface area contributed by atoms with Crippen molar-refractivity contribution >= 4 is 5.96 Å². The first-order chi connectivity index (χ1) is 12.3. The third kappa shape index (κ3) is 8.72. The van der Waals surface area contributed by atoms with E-state index in [0.717, 1.165) is 56.6 Å². The smallest absolute Gasteiger partial charge is 0.213 e. The highest BCUT2D eigenvalue weighted by Gasteiger charge is 2.20. The molecule has 2 rings (SSSR count). The van der Waals surface area contributed by atoms with E-state index in [4.69, 9.17) is 9.47 Å². The van der Waals surface area contributed by atoms with Gasteiger partial charge in [-0.05, 0) is 44.1 Å². The van der Waals surface area contributed by atoms with Gasteiger partial charge in [-0.2, -0.15) is 0 Å². The van der Waals surface area contributed by atoms with Gasteiger partial charge in [0.15, 0.2) is 5.96 Å². The summed E-state index contributed by atoms with van der Waals surface area (Å²) in [5.74, 6) is 2.33. The molecular weight excluding hydrogens is 316 g/mol. The molecule has 0 aliphatic heterocycles. The maximum absolute atomic E-state index is 5.65. The van der Waals surface area contributed by atoms with E-state index < -0.39 is 0 Å². The van der Waals surface area contributed by atoms with Crippen molar-refractivity contribution in [3.8, 4) is 5.88 Å². The average Bonchev–Trinajstić information content (AvgIpc) is 3.46. The van der Waals surface area contributed by atoms with E-state index in [0.29, 0.717) is 19.0 Å². The van der Waals surface area contributed by atoms with Crippen LogP contribution in [-0.4, -0.2) is 43.9 Å². The molecule has 1 aliphatic rings. The molecule has 25 heavy (non-hydrogen) atoms. The molecular formula is C19H32N4O2. The zero-order valence-corrected chi connectivity index (χ0v) is 15.6. The Morgan fingerprint density at radius 2 is 2.12 bits per heavy atom. The Bertz CT molecular complexity index is 501. The Balaban J connectivity index is 1.68. The van der Waals surface area contributed by atoms with Gasteiger partial charge in [0.25, 0.3) is 0 Å². The monoisotopic (exact) mass is 348 g/mol. The summed E-state index contributed by atoms with van der Waals surface area (Å²) in [7, 11) is 0. The van der Waals surface area contributed by atoms with Crippen LogP contribution < -0.4 is 15.4 Å². The van der Waals surface area contributed by atoms with Crippen LogP contribution in [0.2, 0.25) is 0 Å².